The highest BCUT2D eigenvalue weighted by molar-refractivity contribution is 5.88. The first-order valence-electron chi connectivity index (χ1n) is 3.85. The van der Waals surface area contributed by atoms with E-state index >= 15 is 0 Å². The van der Waals surface area contributed by atoms with Gasteiger partial charge in [-0.15, -0.1) is 0 Å². The zero-order valence-corrected chi connectivity index (χ0v) is 7.09. The van der Waals surface area contributed by atoms with Crippen molar-refractivity contribution < 1.29 is 4.52 Å². The Hall–Kier alpha value is -1.51. The number of benzene rings is 1. The summed E-state index contributed by atoms with van der Waals surface area (Å²) in [4.78, 5) is 0. The summed E-state index contributed by atoms with van der Waals surface area (Å²) in [6.07, 6.45) is 0. The number of hydrogen-bond acceptors (Lipinski definition) is 3. The summed E-state index contributed by atoms with van der Waals surface area (Å²) in [5.74, 6) is 0.800. The summed E-state index contributed by atoms with van der Waals surface area (Å²) in [6.45, 7) is 2.05. The van der Waals surface area contributed by atoms with Crippen LogP contribution >= 0.6 is 0 Å². The SMILES string of the molecule is CNc1noc2ccc(C)cc12. The quantitative estimate of drug-likeness (QED) is 0.698. The van der Waals surface area contributed by atoms with Crippen molar-refractivity contribution in [2.75, 3.05) is 12.4 Å². The van der Waals surface area contributed by atoms with Crippen LogP contribution in [0.3, 0.4) is 0 Å². The molecule has 1 aromatic heterocycles. The smallest absolute Gasteiger partial charge is 0.177 e. The van der Waals surface area contributed by atoms with Gasteiger partial charge in [0, 0.05) is 7.05 Å². The van der Waals surface area contributed by atoms with Gasteiger partial charge in [-0.25, -0.2) is 0 Å². The van der Waals surface area contributed by atoms with Gasteiger partial charge in [-0.2, -0.15) is 0 Å². The molecule has 0 radical (unpaired) electrons. The molecule has 62 valence electrons. The number of rotatable bonds is 1. The van der Waals surface area contributed by atoms with Gasteiger partial charge in [-0.1, -0.05) is 16.8 Å². The lowest BCUT2D eigenvalue weighted by Gasteiger charge is -1.93. The van der Waals surface area contributed by atoms with Gasteiger partial charge in [0.25, 0.3) is 0 Å². The second-order valence-corrected chi connectivity index (χ2v) is 2.78. The minimum Gasteiger partial charge on any atom is -0.370 e. The summed E-state index contributed by atoms with van der Waals surface area (Å²) in [7, 11) is 1.83. The molecule has 3 heteroatoms. The molecule has 0 aliphatic heterocycles. The number of fused-ring (bicyclic) bond motifs is 1. The first-order chi connectivity index (χ1) is 5.81. The number of aromatic nitrogens is 1. The molecule has 1 heterocycles. The maximum Gasteiger partial charge on any atom is 0.177 e. The fourth-order valence-corrected chi connectivity index (χ4v) is 1.23. The molecule has 0 atom stereocenters. The number of hydrogen-bond donors (Lipinski definition) is 1. The Balaban J connectivity index is 2.75. The maximum atomic E-state index is 5.08. The highest BCUT2D eigenvalue weighted by Gasteiger charge is 2.04. The van der Waals surface area contributed by atoms with E-state index in [0.29, 0.717) is 0 Å². The normalized spacial score (nSPS) is 10.5. The van der Waals surface area contributed by atoms with E-state index in [2.05, 4.69) is 16.5 Å². The molecule has 0 spiro atoms. The first-order valence-corrected chi connectivity index (χ1v) is 3.85. The summed E-state index contributed by atoms with van der Waals surface area (Å²) in [6, 6.07) is 5.99. The molecule has 0 bridgehead atoms. The second kappa shape index (κ2) is 2.52. The highest BCUT2D eigenvalue weighted by atomic mass is 16.5. The lowest BCUT2D eigenvalue weighted by molar-refractivity contribution is 0.460. The number of nitrogens with one attached hydrogen (secondary N) is 1. The van der Waals surface area contributed by atoms with E-state index in [0.717, 1.165) is 16.8 Å². The standard InChI is InChI=1S/C9H10N2O/c1-6-3-4-8-7(5-6)9(10-2)11-12-8/h3-5H,1-2H3,(H,10,11). The van der Waals surface area contributed by atoms with E-state index < -0.39 is 0 Å². The van der Waals surface area contributed by atoms with E-state index in [9.17, 15) is 0 Å². The third-order valence-corrected chi connectivity index (χ3v) is 1.86. The van der Waals surface area contributed by atoms with Crippen LogP contribution in [0.5, 0.6) is 0 Å². The lowest BCUT2D eigenvalue weighted by atomic mass is 10.2. The number of anilines is 1. The minimum absolute atomic E-state index is 0.800. The number of aryl methyl sites for hydroxylation is 1. The predicted molar refractivity (Wildman–Crippen MR) is 48.3 cm³/mol. The van der Waals surface area contributed by atoms with Crippen LogP contribution in [0.2, 0.25) is 0 Å². The van der Waals surface area contributed by atoms with Gasteiger partial charge in [0.1, 0.15) is 0 Å². The predicted octanol–water partition coefficient (Wildman–Crippen LogP) is 2.18. The van der Waals surface area contributed by atoms with Crippen molar-refractivity contribution in [1.82, 2.24) is 5.16 Å². The average Bonchev–Trinajstić information content (AvgIpc) is 2.46. The average molecular weight is 162 g/mol. The van der Waals surface area contributed by atoms with Crippen LogP contribution in [0, 0.1) is 6.92 Å². The van der Waals surface area contributed by atoms with Crippen molar-refractivity contribution in [3.05, 3.63) is 23.8 Å². The van der Waals surface area contributed by atoms with Crippen LogP contribution in [0.15, 0.2) is 22.7 Å². The van der Waals surface area contributed by atoms with Crippen LogP contribution < -0.4 is 5.32 Å². The van der Waals surface area contributed by atoms with Gasteiger partial charge in [-0.05, 0) is 19.1 Å². The van der Waals surface area contributed by atoms with Gasteiger partial charge >= 0.3 is 0 Å². The zero-order chi connectivity index (χ0) is 8.55. The Bertz CT molecular complexity index is 406. The molecule has 12 heavy (non-hydrogen) atoms. The molecule has 2 aromatic rings. The van der Waals surface area contributed by atoms with Crippen LogP contribution in [0.1, 0.15) is 5.56 Å². The Morgan fingerprint density at radius 2 is 2.25 bits per heavy atom. The zero-order valence-electron chi connectivity index (χ0n) is 7.09. The van der Waals surface area contributed by atoms with E-state index in [4.69, 9.17) is 4.52 Å². The Labute approximate surface area is 70.4 Å². The van der Waals surface area contributed by atoms with Gasteiger partial charge < -0.3 is 9.84 Å². The third kappa shape index (κ3) is 0.942. The van der Waals surface area contributed by atoms with Crippen molar-refractivity contribution in [3.63, 3.8) is 0 Å². The fraction of sp³-hybridized carbons (Fsp3) is 0.222. The summed E-state index contributed by atoms with van der Waals surface area (Å²) < 4.78 is 5.08. The third-order valence-electron chi connectivity index (χ3n) is 1.86. The highest BCUT2D eigenvalue weighted by Crippen LogP contribution is 2.22. The largest absolute Gasteiger partial charge is 0.370 e. The van der Waals surface area contributed by atoms with Gasteiger partial charge in [0.15, 0.2) is 11.4 Å². The Morgan fingerprint density at radius 3 is 3.00 bits per heavy atom. The molecular formula is C9H10N2O. The van der Waals surface area contributed by atoms with Crippen molar-refractivity contribution in [2.24, 2.45) is 0 Å². The van der Waals surface area contributed by atoms with Crippen molar-refractivity contribution in [2.45, 2.75) is 6.92 Å². The summed E-state index contributed by atoms with van der Waals surface area (Å²) in [5.41, 5.74) is 2.03. The fourth-order valence-electron chi connectivity index (χ4n) is 1.23. The first kappa shape index (κ1) is 7.16. The van der Waals surface area contributed by atoms with Gasteiger partial charge in [-0.3, -0.25) is 0 Å². The number of nitrogens with zero attached hydrogens (tertiary/aromatic N) is 1. The van der Waals surface area contributed by atoms with Crippen molar-refractivity contribution in [3.8, 4) is 0 Å². The van der Waals surface area contributed by atoms with Crippen LogP contribution in [-0.2, 0) is 0 Å². The van der Waals surface area contributed by atoms with Gasteiger partial charge in [0.05, 0.1) is 5.39 Å². The molecule has 0 amide bonds. The molecule has 0 aliphatic rings. The van der Waals surface area contributed by atoms with Crippen molar-refractivity contribution in [1.29, 1.82) is 0 Å². The van der Waals surface area contributed by atoms with E-state index in [1.165, 1.54) is 5.56 Å². The van der Waals surface area contributed by atoms with Crippen LogP contribution in [-0.4, -0.2) is 12.2 Å². The molecule has 0 saturated heterocycles. The molecule has 1 aromatic carbocycles. The minimum atomic E-state index is 0.800. The maximum absolute atomic E-state index is 5.08. The topological polar surface area (TPSA) is 38.1 Å². The van der Waals surface area contributed by atoms with Gasteiger partial charge in [0.2, 0.25) is 0 Å². The molecule has 2 rings (SSSR count). The summed E-state index contributed by atoms with van der Waals surface area (Å²) >= 11 is 0. The molecule has 0 saturated carbocycles. The molecule has 3 nitrogen and oxygen atoms in total. The Kier molecular flexibility index (Phi) is 1.50. The molecule has 0 unspecified atom stereocenters. The van der Waals surface area contributed by atoms with Crippen LogP contribution in [0.25, 0.3) is 11.0 Å². The Morgan fingerprint density at radius 1 is 1.42 bits per heavy atom. The molecule has 0 fully saturated rings. The van der Waals surface area contributed by atoms with Crippen molar-refractivity contribution >= 4 is 16.8 Å². The monoisotopic (exact) mass is 162 g/mol. The second-order valence-electron chi connectivity index (χ2n) is 2.78. The molecule has 1 N–H and O–H groups in total. The molecule has 0 aliphatic carbocycles. The van der Waals surface area contributed by atoms with Crippen LogP contribution in [0.4, 0.5) is 5.82 Å². The van der Waals surface area contributed by atoms with E-state index in [1.54, 1.807) is 0 Å². The lowest BCUT2D eigenvalue weighted by Crippen LogP contribution is -1.87. The summed E-state index contributed by atoms with van der Waals surface area (Å²) in [5, 5.41) is 7.88. The van der Waals surface area contributed by atoms with E-state index in [-0.39, 0.29) is 0 Å². The van der Waals surface area contributed by atoms with E-state index in [1.807, 2.05) is 26.1 Å². The molecular weight excluding hydrogens is 152 g/mol.